The van der Waals surface area contributed by atoms with Crippen molar-refractivity contribution >= 4 is 28.3 Å². The van der Waals surface area contributed by atoms with E-state index in [0.29, 0.717) is 24.8 Å². The zero-order valence-corrected chi connectivity index (χ0v) is 12.7. The summed E-state index contributed by atoms with van der Waals surface area (Å²) in [5.74, 6) is -0.106. The summed E-state index contributed by atoms with van der Waals surface area (Å²) in [4.78, 5) is 29.8. The first-order valence-corrected chi connectivity index (χ1v) is 7.85. The van der Waals surface area contributed by atoms with Crippen LogP contribution in [0.4, 0.5) is 5.13 Å². The van der Waals surface area contributed by atoms with Crippen LogP contribution in [0.2, 0.25) is 0 Å². The lowest BCUT2D eigenvalue weighted by Crippen LogP contribution is -2.31. The van der Waals surface area contributed by atoms with E-state index in [2.05, 4.69) is 10.3 Å². The first-order valence-electron chi connectivity index (χ1n) is 6.97. The molecule has 2 aromatic rings. The monoisotopic (exact) mass is 316 g/mol. The Morgan fingerprint density at radius 1 is 1.41 bits per heavy atom. The minimum absolute atomic E-state index is 0.00400. The van der Waals surface area contributed by atoms with Gasteiger partial charge in [0.2, 0.25) is 5.91 Å². The minimum Gasteiger partial charge on any atom is -0.375 e. The molecule has 0 aliphatic carbocycles. The molecule has 1 aromatic heterocycles. The average Bonchev–Trinajstić information content (AvgIpc) is 3.07. The van der Waals surface area contributed by atoms with Crippen molar-refractivity contribution in [1.29, 1.82) is 0 Å². The molecule has 6 nitrogen and oxygen atoms in total. The van der Waals surface area contributed by atoms with Gasteiger partial charge in [0.05, 0.1) is 12.2 Å². The van der Waals surface area contributed by atoms with Gasteiger partial charge in [0.1, 0.15) is 0 Å². The van der Waals surface area contributed by atoms with Crippen molar-refractivity contribution < 1.29 is 9.59 Å². The smallest absolute Gasteiger partial charge is 0.254 e. The van der Waals surface area contributed by atoms with E-state index in [9.17, 15) is 9.59 Å². The molecule has 2 heterocycles. The fraction of sp³-hybridized carbons (Fsp3) is 0.267. The van der Waals surface area contributed by atoms with E-state index in [1.165, 1.54) is 11.3 Å². The molecule has 22 heavy (non-hydrogen) atoms. The molecular formula is C15H16N4O2S. The Morgan fingerprint density at radius 3 is 2.95 bits per heavy atom. The van der Waals surface area contributed by atoms with Crippen molar-refractivity contribution in [2.45, 2.75) is 19.5 Å². The lowest BCUT2D eigenvalue weighted by molar-refractivity contribution is -0.121. The Balaban J connectivity index is 1.47. The lowest BCUT2D eigenvalue weighted by Gasteiger charge is -2.15. The highest BCUT2D eigenvalue weighted by molar-refractivity contribution is 7.13. The zero-order valence-electron chi connectivity index (χ0n) is 11.9. The number of aromatic nitrogens is 1. The third-order valence-corrected chi connectivity index (χ3v) is 4.26. The minimum atomic E-state index is -0.102. The van der Waals surface area contributed by atoms with Gasteiger partial charge in [0.25, 0.3) is 5.91 Å². The second-order valence-electron chi connectivity index (χ2n) is 5.09. The Kier molecular flexibility index (Phi) is 4.06. The molecule has 3 N–H and O–H groups in total. The standard InChI is InChI=1S/C15H16N4O2S/c16-15-18-11(9-22-15)7-17-13(20)5-6-19-8-10-3-1-2-4-12(10)14(19)21/h1-4,9H,5-8H2,(H2,16,18)(H,17,20). The molecule has 0 fully saturated rings. The molecule has 1 aliphatic rings. The van der Waals surface area contributed by atoms with Crippen LogP contribution in [-0.4, -0.2) is 28.2 Å². The Bertz CT molecular complexity index is 713. The fourth-order valence-electron chi connectivity index (χ4n) is 2.41. The van der Waals surface area contributed by atoms with Crippen LogP contribution in [0.5, 0.6) is 0 Å². The summed E-state index contributed by atoms with van der Waals surface area (Å²) < 4.78 is 0. The van der Waals surface area contributed by atoms with Gasteiger partial charge in [-0.15, -0.1) is 11.3 Å². The number of amides is 2. The molecule has 0 bridgehead atoms. The molecular weight excluding hydrogens is 300 g/mol. The number of anilines is 1. The summed E-state index contributed by atoms with van der Waals surface area (Å²) in [5.41, 5.74) is 8.04. The number of nitrogens with zero attached hydrogens (tertiary/aromatic N) is 2. The third kappa shape index (κ3) is 3.09. The number of hydrogen-bond donors (Lipinski definition) is 2. The summed E-state index contributed by atoms with van der Waals surface area (Å²) >= 11 is 1.35. The van der Waals surface area contributed by atoms with Crippen LogP contribution in [0.3, 0.4) is 0 Å². The number of hydrogen-bond acceptors (Lipinski definition) is 5. The Hall–Kier alpha value is -2.41. The van der Waals surface area contributed by atoms with Gasteiger partial charge < -0.3 is 16.0 Å². The first kappa shape index (κ1) is 14.5. The van der Waals surface area contributed by atoms with E-state index in [4.69, 9.17) is 5.73 Å². The molecule has 2 amide bonds. The lowest BCUT2D eigenvalue weighted by atomic mass is 10.1. The summed E-state index contributed by atoms with van der Waals surface area (Å²) in [6.45, 7) is 1.35. The van der Waals surface area contributed by atoms with Gasteiger partial charge in [-0.3, -0.25) is 9.59 Å². The Labute approximate surface area is 132 Å². The molecule has 114 valence electrons. The number of benzene rings is 1. The summed E-state index contributed by atoms with van der Waals surface area (Å²) in [6, 6.07) is 7.54. The quantitative estimate of drug-likeness (QED) is 0.872. The van der Waals surface area contributed by atoms with E-state index in [-0.39, 0.29) is 18.2 Å². The van der Waals surface area contributed by atoms with E-state index in [1.807, 2.05) is 29.6 Å². The van der Waals surface area contributed by atoms with Crippen molar-refractivity contribution in [3.63, 3.8) is 0 Å². The van der Waals surface area contributed by atoms with E-state index >= 15 is 0 Å². The Morgan fingerprint density at radius 2 is 2.23 bits per heavy atom. The van der Waals surface area contributed by atoms with Gasteiger partial charge >= 0.3 is 0 Å². The number of nitrogens with one attached hydrogen (secondary N) is 1. The van der Waals surface area contributed by atoms with Crippen LogP contribution >= 0.6 is 11.3 Å². The summed E-state index contributed by atoms with van der Waals surface area (Å²) in [6.07, 6.45) is 0.277. The molecule has 7 heteroatoms. The number of fused-ring (bicyclic) bond motifs is 1. The maximum absolute atomic E-state index is 12.2. The number of nitrogens with two attached hydrogens (primary N) is 1. The maximum atomic E-state index is 12.2. The topological polar surface area (TPSA) is 88.3 Å². The predicted octanol–water partition coefficient (Wildman–Crippen LogP) is 1.39. The largest absolute Gasteiger partial charge is 0.375 e. The van der Waals surface area contributed by atoms with Gasteiger partial charge in [-0.1, -0.05) is 18.2 Å². The highest BCUT2D eigenvalue weighted by Crippen LogP contribution is 2.22. The molecule has 0 unspecified atom stereocenters. The number of nitrogen functional groups attached to an aromatic ring is 1. The van der Waals surface area contributed by atoms with Crippen molar-refractivity contribution in [2.75, 3.05) is 12.3 Å². The highest BCUT2D eigenvalue weighted by Gasteiger charge is 2.26. The van der Waals surface area contributed by atoms with Crippen molar-refractivity contribution in [3.8, 4) is 0 Å². The van der Waals surface area contributed by atoms with Gasteiger partial charge in [0, 0.05) is 30.5 Å². The van der Waals surface area contributed by atoms with E-state index in [1.54, 1.807) is 4.90 Å². The fourth-order valence-corrected chi connectivity index (χ4v) is 2.98. The number of carbonyl (C=O) groups excluding carboxylic acids is 2. The van der Waals surface area contributed by atoms with Gasteiger partial charge in [0.15, 0.2) is 5.13 Å². The van der Waals surface area contributed by atoms with Gasteiger partial charge in [-0.2, -0.15) is 0 Å². The molecule has 0 saturated heterocycles. The van der Waals surface area contributed by atoms with Gasteiger partial charge in [-0.05, 0) is 11.6 Å². The van der Waals surface area contributed by atoms with Crippen molar-refractivity contribution in [3.05, 3.63) is 46.5 Å². The third-order valence-electron chi connectivity index (χ3n) is 3.54. The maximum Gasteiger partial charge on any atom is 0.254 e. The van der Waals surface area contributed by atoms with Crippen LogP contribution in [-0.2, 0) is 17.9 Å². The molecule has 3 rings (SSSR count). The van der Waals surface area contributed by atoms with Crippen molar-refractivity contribution in [2.24, 2.45) is 0 Å². The molecule has 1 aliphatic heterocycles. The number of carbonyl (C=O) groups is 2. The van der Waals surface area contributed by atoms with Crippen LogP contribution < -0.4 is 11.1 Å². The normalized spacial score (nSPS) is 13.3. The molecule has 0 atom stereocenters. The van der Waals surface area contributed by atoms with Gasteiger partial charge in [-0.25, -0.2) is 4.98 Å². The van der Waals surface area contributed by atoms with E-state index < -0.39 is 0 Å². The zero-order chi connectivity index (χ0) is 15.5. The average molecular weight is 316 g/mol. The van der Waals surface area contributed by atoms with Crippen LogP contribution in [0, 0.1) is 0 Å². The first-order chi connectivity index (χ1) is 10.6. The van der Waals surface area contributed by atoms with Crippen LogP contribution in [0.1, 0.15) is 28.0 Å². The summed E-state index contributed by atoms with van der Waals surface area (Å²) in [7, 11) is 0. The summed E-state index contributed by atoms with van der Waals surface area (Å²) in [5, 5.41) is 5.09. The second kappa shape index (κ2) is 6.15. The van der Waals surface area contributed by atoms with E-state index in [0.717, 1.165) is 16.8 Å². The second-order valence-corrected chi connectivity index (χ2v) is 5.98. The van der Waals surface area contributed by atoms with Crippen molar-refractivity contribution in [1.82, 2.24) is 15.2 Å². The highest BCUT2D eigenvalue weighted by atomic mass is 32.1. The number of thiazole rings is 1. The molecule has 0 radical (unpaired) electrons. The molecule has 0 spiro atoms. The van der Waals surface area contributed by atoms with Crippen LogP contribution in [0.15, 0.2) is 29.6 Å². The molecule has 0 saturated carbocycles. The number of rotatable bonds is 5. The predicted molar refractivity (Wildman–Crippen MR) is 84.2 cm³/mol. The van der Waals surface area contributed by atoms with Crippen LogP contribution in [0.25, 0.3) is 0 Å². The SMILES string of the molecule is Nc1nc(CNC(=O)CCN2Cc3ccccc3C2=O)cs1. The molecule has 1 aromatic carbocycles.